The Morgan fingerprint density at radius 3 is 2.57 bits per heavy atom. The average molecular weight is 301 g/mol. The Morgan fingerprint density at radius 1 is 0.957 bits per heavy atom. The minimum atomic E-state index is -0.238. The van der Waals surface area contributed by atoms with Crippen molar-refractivity contribution < 1.29 is 4.39 Å². The average Bonchev–Trinajstić information content (AvgIpc) is 2.62. The van der Waals surface area contributed by atoms with E-state index in [1.54, 1.807) is 24.7 Å². The molecular weight excluding hydrogens is 288 g/mol. The number of nitrogens with one attached hydrogen (secondary N) is 1. The first-order valence-corrected chi connectivity index (χ1v) is 7.40. The minimum absolute atomic E-state index is 0.0830. The van der Waals surface area contributed by atoms with E-state index in [0.717, 1.165) is 27.9 Å². The second-order valence-electron chi connectivity index (χ2n) is 5.41. The van der Waals surface area contributed by atoms with Gasteiger partial charge in [0.25, 0.3) is 0 Å². The van der Waals surface area contributed by atoms with Crippen LogP contribution in [-0.2, 0) is 0 Å². The molecule has 23 heavy (non-hydrogen) atoms. The summed E-state index contributed by atoms with van der Waals surface area (Å²) < 4.78 is 13.3. The fourth-order valence-corrected chi connectivity index (χ4v) is 2.84. The molecule has 0 bridgehead atoms. The maximum atomic E-state index is 13.3. The molecule has 1 aromatic heterocycles. The molecule has 110 valence electrons. The lowest BCUT2D eigenvalue weighted by molar-refractivity contribution is 0.628. The summed E-state index contributed by atoms with van der Waals surface area (Å²) in [6, 6.07) is 16.6. The van der Waals surface area contributed by atoms with E-state index in [2.05, 4.69) is 27.3 Å². The predicted octanol–water partition coefficient (Wildman–Crippen LogP) is 3.02. The van der Waals surface area contributed by atoms with Gasteiger partial charge in [0.05, 0.1) is 5.69 Å². The van der Waals surface area contributed by atoms with Crippen LogP contribution >= 0.6 is 0 Å². The summed E-state index contributed by atoms with van der Waals surface area (Å²) in [6.07, 6.45) is 5.39. The molecule has 0 radical (unpaired) electrons. The van der Waals surface area contributed by atoms with Crippen molar-refractivity contribution in [2.24, 2.45) is 0 Å². The molecule has 0 saturated carbocycles. The molecule has 0 spiro atoms. The van der Waals surface area contributed by atoms with Crippen LogP contribution in [0.3, 0.4) is 0 Å². The van der Waals surface area contributed by atoms with Crippen molar-refractivity contribution in [3.05, 3.63) is 84.2 Å². The highest BCUT2D eigenvalue weighted by Gasteiger charge is 2.28. The van der Waals surface area contributed by atoms with Crippen LogP contribution < -0.4 is 10.7 Å². The van der Waals surface area contributed by atoms with Crippen LogP contribution in [0.25, 0.3) is 11.5 Å². The molecule has 1 aliphatic rings. The molecule has 2 heterocycles. The second kappa shape index (κ2) is 5.68. The van der Waals surface area contributed by atoms with Crippen LogP contribution in [0.5, 0.6) is 0 Å². The van der Waals surface area contributed by atoms with E-state index < -0.39 is 0 Å². The van der Waals surface area contributed by atoms with E-state index in [0.29, 0.717) is 0 Å². The molecule has 2 aromatic carbocycles. The van der Waals surface area contributed by atoms with E-state index in [4.69, 9.17) is 0 Å². The Balaban J connectivity index is 1.85. The summed E-state index contributed by atoms with van der Waals surface area (Å²) in [5, 5.41) is 3.53. The second-order valence-corrected chi connectivity index (χ2v) is 5.41. The van der Waals surface area contributed by atoms with Gasteiger partial charge < -0.3 is 5.23 Å². The Labute approximate surface area is 134 Å². The number of hydrogen-bond donors (Lipinski definition) is 1. The van der Waals surface area contributed by atoms with Crippen molar-refractivity contribution in [1.82, 2.24) is 9.97 Å². The molecule has 5 heteroatoms. The van der Waals surface area contributed by atoms with Crippen LogP contribution in [-0.4, -0.2) is 16.8 Å². The molecule has 1 N–H and O–H groups in total. The summed E-state index contributed by atoms with van der Waals surface area (Å²) in [4.78, 5) is 8.36. The van der Waals surface area contributed by atoms with Gasteiger partial charge in [0.1, 0.15) is 12.1 Å². The zero-order valence-corrected chi connectivity index (χ0v) is 12.3. The van der Waals surface area contributed by atoms with Crippen molar-refractivity contribution in [3.8, 4) is 0 Å². The fraction of sp³-hybridized carbons (Fsp3) is 0. The Kier molecular flexibility index (Phi) is 3.39. The summed E-state index contributed by atoms with van der Waals surface area (Å²) in [6.45, 7) is -0.0830. The monoisotopic (exact) mass is 301 g/mol. The third kappa shape index (κ3) is 2.61. The van der Waals surface area contributed by atoms with Gasteiger partial charge in [-0.3, -0.25) is 0 Å². The minimum Gasteiger partial charge on any atom is -0.420 e. The number of anilines is 1. The largest absolute Gasteiger partial charge is 0.420 e. The fourth-order valence-electron chi connectivity index (χ4n) is 2.84. The summed E-state index contributed by atoms with van der Waals surface area (Å²) in [5.74, 6) is -0.238. The van der Waals surface area contributed by atoms with E-state index in [1.807, 2.05) is 24.3 Å². The van der Waals surface area contributed by atoms with Crippen LogP contribution in [0.15, 0.2) is 67.1 Å². The first kappa shape index (κ1) is 13.7. The van der Waals surface area contributed by atoms with Gasteiger partial charge >= 0.3 is 6.85 Å². The van der Waals surface area contributed by atoms with Crippen LogP contribution in [0.1, 0.15) is 11.3 Å². The highest BCUT2D eigenvalue weighted by molar-refractivity contribution is 6.93. The van der Waals surface area contributed by atoms with Gasteiger partial charge in [0, 0.05) is 11.9 Å². The van der Waals surface area contributed by atoms with Gasteiger partial charge in [0.2, 0.25) is 0 Å². The Bertz CT molecular complexity index is 863. The number of aromatic nitrogens is 2. The normalized spacial score (nSPS) is 13.1. The number of benzene rings is 2. The van der Waals surface area contributed by atoms with Crippen molar-refractivity contribution in [2.75, 3.05) is 5.23 Å². The molecule has 0 fully saturated rings. The zero-order chi connectivity index (χ0) is 15.6. The van der Waals surface area contributed by atoms with Gasteiger partial charge in [-0.25, -0.2) is 14.4 Å². The molecule has 0 unspecified atom stereocenters. The Morgan fingerprint density at radius 2 is 1.78 bits per heavy atom. The SMILES string of the molecule is Fc1ccc(B2Nc3ccccc3C=C2c2ccncn2)cc1. The number of nitrogens with zero attached hydrogens (tertiary/aromatic N) is 2. The third-order valence-electron chi connectivity index (χ3n) is 3.96. The first-order valence-electron chi connectivity index (χ1n) is 7.40. The number of halogens is 1. The standard InChI is InChI=1S/C18H13BFN3/c20-15-7-5-14(6-8-15)19-16(18-9-10-21-12-22-18)11-13-3-1-2-4-17(13)23-19/h1-12,23H. The van der Waals surface area contributed by atoms with Crippen molar-refractivity contribution in [3.63, 3.8) is 0 Å². The highest BCUT2D eigenvalue weighted by Crippen LogP contribution is 2.29. The predicted molar refractivity (Wildman–Crippen MR) is 91.8 cm³/mol. The molecule has 0 aliphatic carbocycles. The summed E-state index contributed by atoms with van der Waals surface area (Å²) in [7, 11) is 0. The van der Waals surface area contributed by atoms with E-state index in [-0.39, 0.29) is 12.7 Å². The molecule has 3 aromatic rings. The first-order chi connectivity index (χ1) is 11.3. The molecule has 1 aliphatic heterocycles. The molecule has 0 atom stereocenters. The van der Waals surface area contributed by atoms with Gasteiger partial charge in [-0.05, 0) is 35.3 Å². The molecule has 3 nitrogen and oxygen atoms in total. The Hall–Kier alpha value is -2.95. The highest BCUT2D eigenvalue weighted by atomic mass is 19.1. The lowest BCUT2D eigenvalue weighted by Gasteiger charge is -2.25. The van der Waals surface area contributed by atoms with Crippen LogP contribution in [0.2, 0.25) is 0 Å². The molecular formula is C18H13BFN3. The van der Waals surface area contributed by atoms with Crippen molar-refractivity contribution in [2.45, 2.75) is 0 Å². The number of para-hydroxylation sites is 1. The van der Waals surface area contributed by atoms with Gasteiger partial charge in [-0.15, -0.1) is 0 Å². The third-order valence-corrected chi connectivity index (χ3v) is 3.96. The molecule has 0 amide bonds. The molecule has 4 rings (SSSR count). The number of fused-ring (bicyclic) bond motifs is 1. The zero-order valence-electron chi connectivity index (χ0n) is 12.3. The quantitative estimate of drug-likeness (QED) is 0.739. The van der Waals surface area contributed by atoms with Crippen LogP contribution in [0.4, 0.5) is 10.1 Å². The van der Waals surface area contributed by atoms with E-state index in [1.165, 1.54) is 12.1 Å². The van der Waals surface area contributed by atoms with E-state index >= 15 is 0 Å². The molecule has 0 saturated heterocycles. The number of rotatable bonds is 2. The van der Waals surface area contributed by atoms with Crippen molar-refractivity contribution >= 4 is 29.5 Å². The lowest BCUT2D eigenvalue weighted by atomic mass is 9.47. The van der Waals surface area contributed by atoms with Crippen LogP contribution in [0, 0.1) is 5.82 Å². The van der Waals surface area contributed by atoms with Gasteiger partial charge in [-0.2, -0.15) is 0 Å². The van der Waals surface area contributed by atoms with Gasteiger partial charge in [-0.1, -0.05) is 41.9 Å². The van der Waals surface area contributed by atoms with Crippen molar-refractivity contribution in [1.29, 1.82) is 0 Å². The summed E-state index contributed by atoms with van der Waals surface area (Å²) >= 11 is 0. The van der Waals surface area contributed by atoms with Gasteiger partial charge in [0.15, 0.2) is 0 Å². The maximum absolute atomic E-state index is 13.3. The number of hydrogen-bond acceptors (Lipinski definition) is 3. The lowest BCUT2D eigenvalue weighted by Crippen LogP contribution is -2.42. The topological polar surface area (TPSA) is 37.8 Å². The smallest absolute Gasteiger partial charge is 0.323 e. The maximum Gasteiger partial charge on any atom is 0.323 e. The summed E-state index contributed by atoms with van der Waals surface area (Å²) in [5.41, 5.74) is 5.05. The van der Waals surface area contributed by atoms with E-state index in [9.17, 15) is 4.39 Å².